The number of rotatable bonds is 6. The van der Waals surface area contributed by atoms with Crippen LogP contribution in [0.5, 0.6) is 0 Å². The number of likely N-dealkylation sites (N-methyl/N-ethyl adjacent to an activating group) is 1. The molecule has 0 aliphatic carbocycles. The molecule has 6 nitrogen and oxygen atoms in total. The lowest BCUT2D eigenvalue weighted by atomic mass is 10.1. The van der Waals surface area contributed by atoms with Crippen LogP contribution in [0.2, 0.25) is 0 Å². The molecular formula is C16H21N3O3. The molecule has 0 aliphatic heterocycles. The van der Waals surface area contributed by atoms with Gasteiger partial charge in [0.2, 0.25) is 0 Å². The van der Waals surface area contributed by atoms with Gasteiger partial charge in [0.05, 0.1) is 21.5 Å². The lowest BCUT2D eigenvalue weighted by molar-refractivity contribution is -0.386. The molecule has 0 fully saturated rings. The number of para-hydroxylation sites is 1. The van der Waals surface area contributed by atoms with E-state index < -0.39 is 10.4 Å². The first-order chi connectivity index (χ1) is 10.5. The Kier molecular flexibility index (Phi) is 4.92. The highest BCUT2D eigenvalue weighted by Crippen LogP contribution is 2.20. The van der Waals surface area contributed by atoms with E-state index in [2.05, 4.69) is 18.7 Å². The van der Waals surface area contributed by atoms with Gasteiger partial charge in [0, 0.05) is 13.1 Å². The summed E-state index contributed by atoms with van der Waals surface area (Å²) in [4.78, 5) is 25.3. The molecule has 0 unspecified atom stereocenters. The van der Waals surface area contributed by atoms with Crippen molar-refractivity contribution in [2.75, 3.05) is 19.6 Å². The van der Waals surface area contributed by atoms with Crippen molar-refractivity contribution >= 4 is 16.6 Å². The number of nitrogens with zero attached hydrogens (tertiary/aromatic N) is 3. The van der Waals surface area contributed by atoms with E-state index in [4.69, 9.17) is 0 Å². The van der Waals surface area contributed by atoms with Crippen LogP contribution in [-0.4, -0.2) is 34.0 Å². The van der Waals surface area contributed by atoms with E-state index >= 15 is 0 Å². The number of aromatic nitrogens is 1. The molecule has 0 atom stereocenters. The lowest BCUT2D eigenvalue weighted by Gasteiger charge is -2.21. The Morgan fingerprint density at radius 1 is 1.23 bits per heavy atom. The zero-order valence-electron chi connectivity index (χ0n) is 13.2. The standard InChI is InChI=1S/C16H21N3O3/c1-4-17(5-2)10-11-18-12(3)15(19(21)22)16(20)13-8-6-7-9-14(13)18/h6-9H,4-5,10-11H2,1-3H3. The summed E-state index contributed by atoms with van der Waals surface area (Å²) in [5.41, 5.74) is 0.346. The van der Waals surface area contributed by atoms with Gasteiger partial charge in [0.1, 0.15) is 0 Å². The van der Waals surface area contributed by atoms with Crippen molar-refractivity contribution in [2.45, 2.75) is 27.3 Å². The molecular weight excluding hydrogens is 282 g/mol. The average Bonchev–Trinajstić information content (AvgIpc) is 2.50. The van der Waals surface area contributed by atoms with Crippen LogP contribution in [0.15, 0.2) is 29.1 Å². The fourth-order valence-electron chi connectivity index (χ4n) is 2.79. The Bertz CT molecular complexity index is 748. The van der Waals surface area contributed by atoms with E-state index in [1.807, 2.05) is 16.7 Å². The Hall–Kier alpha value is -2.21. The first-order valence-electron chi connectivity index (χ1n) is 7.50. The predicted molar refractivity (Wildman–Crippen MR) is 87.4 cm³/mol. The normalized spacial score (nSPS) is 11.3. The molecule has 118 valence electrons. The number of hydrogen-bond acceptors (Lipinski definition) is 4. The van der Waals surface area contributed by atoms with Gasteiger partial charge in [0.25, 0.3) is 5.43 Å². The molecule has 1 aromatic heterocycles. The zero-order chi connectivity index (χ0) is 16.3. The summed E-state index contributed by atoms with van der Waals surface area (Å²) in [6, 6.07) is 7.08. The minimum absolute atomic E-state index is 0.321. The maximum atomic E-state index is 12.3. The minimum Gasteiger partial charge on any atom is -0.337 e. The summed E-state index contributed by atoms with van der Waals surface area (Å²) in [5, 5.41) is 11.7. The first kappa shape index (κ1) is 16.2. The molecule has 0 spiro atoms. The lowest BCUT2D eigenvalue weighted by Crippen LogP contribution is -2.28. The van der Waals surface area contributed by atoms with Crippen LogP contribution < -0.4 is 5.43 Å². The van der Waals surface area contributed by atoms with Crippen LogP contribution in [-0.2, 0) is 6.54 Å². The largest absolute Gasteiger partial charge is 0.337 e. The number of fused-ring (bicyclic) bond motifs is 1. The maximum Gasteiger partial charge on any atom is 0.335 e. The minimum atomic E-state index is -0.571. The highest BCUT2D eigenvalue weighted by Gasteiger charge is 2.22. The topological polar surface area (TPSA) is 68.4 Å². The first-order valence-corrected chi connectivity index (χ1v) is 7.50. The molecule has 0 bridgehead atoms. The van der Waals surface area contributed by atoms with Crippen molar-refractivity contribution in [1.82, 2.24) is 9.47 Å². The summed E-state index contributed by atoms with van der Waals surface area (Å²) in [6.07, 6.45) is 0. The Balaban J connectivity index is 2.61. The number of nitro groups is 1. The van der Waals surface area contributed by atoms with Gasteiger partial charge in [-0.2, -0.15) is 0 Å². The van der Waals surface area contributed by atoms with Crippen LogP contribution in [0.3, 0.4) is 0 Å². The van der Waals surface area contributed by atoms with Crippen molar-refractivity contribution in [2.24, 2.45) is 0 Å². The monoisotopic (exact) mass is 303 g/mol. The van der Waals surface area contributed by atoms with E-state index in [0.717, 1.165) is 25.2 Å². The number of pyridine rings is 1. The van der Waals surface area contributed by atoms with Gasteiger partial charge >= 0.3 is 5.69 Å². The summed E-state index contributed by atoms with van der Waals surface area (Å²) in [6.45, 7) is 9.08. The Morgan fingerprint density at radius 3 is 2.45 bits per heavy atom. The SMILES string of the molecule is CCN(CC)CCn1c(C)c([N+](=O)[O-])c(=O)c2ccccc21. The summed E-state index contributed by atoms with van der Waals surface area (Å²) >= 11 is 0. The highest BCUT2D eigenvalue weighted by atomic mass is 16.6. The number of hydrogen-bond donors (Lipinski definition) is 0. The molecule has 22 heavy (non-hydrogen) atoms. The molecule has 0 aliphatic rings. The molecule has 1 heterocycles. The van der Waals surface area contributed by atoms with Crippen molar-refractivity contribution in [1.29, 1.82) is 0 Å². The second kappa shape index (κ2) is 6.70. The third kappa shape index (κ3) is 2.87. The second-order valence-corrected chi connectivity index (χ2v) is 5.22. The average molecular weight is 303 g/mol. The molecule has 1 aromatic carbocycles. The molecule has 0 amide bonds. The van der Waals surface area contributed by atoms with Crippen molar-refractivity contribution < 1.29 is 4.92 Å². The van der Waals surface area contributed by atoms with E-state index in [0.29, 0.717) is 17.6 Å². The highest BCUT2D eigenvalue weighted by molar-refractivity contribution is 5.81. The quantitative estimate of drug-likeness (QED) is 0.607. The van der Waals surface area contributed by atoms with Gasteiger partial charge in [-0.1, -0.05) is 26.0 Å². The van der Waals surface area contributed by atoms with Gasteiger partial charge in [-0.3, -0.25) is 14.9 Å². The van der Waals surface area contributed by atoms with Gasteiger partial charge < -0.3 is 9.47 Å². The van der Waals surface area contributed by atoms with Gasteiger partial charge in [-0.05, 0) is 32.1 Å². The smallest absolute Gasteiger partial charge is 0.335 e. The fourth-order valence-corrected chi connectivity index (χ4v) is 2.79. The van der Waals surface area contributed by atoms with E-state index in [9.17, 15) is 14.9 Å². The molecule has 2 aromatic rings. The van der Waals surface area contributed by atoms with Crippen molar-refractivity contribution in [3.8, 4) is 0 Å². The van der Waals surface area contributed by atoms with Crippen molar-refractivity contribution in [3.63, 3.8) is 0 Å². The zero-order valence-corrected chi connectivity index (χ0v) is 13.2. The maximum absolute atomic E-state index is 12.3. The Morgan fingerprint density at radius 2 is 1.86 bits per heavy atom. The van der Waals surface area contributed by atoms with Gasteiger partial charge in [-0.25, -0.2) is 0 Å². The molecule has 2 rings (SSSR count). The van der Waals surface area contributed by atoms with Crippen LogP contribution in [0, 0.1) is 17.0 Å². The number of benzene rings is 1. The summed E-state index contributed by atoms with van der Waals surface area (Å²) < 4.78 is 1.88. The summed E-state index contributed by atoms with van der Waals surface area (Å²) in [7, 11) is 0. The summed E-state index contributed by atoms with van der Waals surface area (Å²) in [5.74, 6) is 0. The van der Waals surface area contributed by atoms with Crippen LogP contribution in [0.4, 0.5) is 5.69 Å². The predicted octanol–water partition coefficient (Wildman–Crippen LogP) is 2.56. The third-order valence-electron chi connectivity index (χ3n) is 4.12. The van der Waals surface area contributed by atoms with Crippen molar-refractivity contribution in [3.05, 3.63) is 50.3 Å². The van der Waals surface area contributed by atoms with E-state index in [1.54, 1.807) is 19.1 Å². The second-order valence-electron chi connectivity index (χ2n) is 5.22. The third-order valence-corrected chi connectivity index (χ3v) is 4.12. The van der Waals surface area contributed by atoms with Gasteiger partial charge in [0.15, 0.2) is 0 Å². The van der Waals surface area contributed by atoms with Gasteiger partial charge in [-0.15, -0.1) is 0 Å². The molecule has 0 saturated carbocycles. The molecule has 0 saturated heterocycles. The molecule has 0 N–H and O–H groups in total. The molecule has 6 heteroatoms. The van der Waals surface area contributed by atoms with E-state index in [1.165, 1.54) is 0 Å². The fraction of sp³-hybridized carbons (Fsp3) is 0.438. The van der Waals surface area contributed by atoms with Crippen LogP contribution in [0.1, 0.15) is 19.5 Å². The molecule has 0 radical (unpaired) electrons. The van der Waals surface area contributed by atoms with E-state index in [-0.39, 0.29) is 5.69 Å². The van der Waals surface area contributed by atoms with Crippen LogP contribution in [0.25, 0.3) is 10.9 Å². The van der Waals surface area contributed by atoms with Crippen LogP contribution >= 0.6 is 0 Å². The Labute approximate surface area is 129 Å².